The number of aromatic nitrogens is 1. The van der Waals surface area contributed by atoms with Gasteiger partial charge in [0.25, 0.3) is 0 Å². The van der Waals surface area contributed by atoms with Crippen LogP contribution in [0.4, 0.5) is 0 Å². The molecule has 1 aromatic carbocycles. The van der Waals surface area contributed by atoms with Gasteiger partial charge in [-0.15, -0.1) is 0 Å². The molecule has 0 saturated heterocycles. The highest BCUT2D eigenvalue weighted by Gasteiger charge is 2.00. The fourth-order valence-corrected chi connectivity index (χ4v) is 1.90. The zero-order chi connectivity index (χ0) is 14.2. The Kier molecular flexibility index (Phi) is 5.53. The predicted molar refractivity (Wildman–Crippen MR) is 79.1 cm³/mol. The lowest BCUT2D eigenvalue weighted by molar-refractivity contribution is 0.202. The first-order valence-electron chi connectivity index (χ1n) is 6.66. The SMILES string of the molecule is CNCc1cncc(Oc2ccc(CCOC)cc2)c1. The van der Waals surface area contributed by atoms with E-state index in [9.17, 15) is 0 Å². The fourth-order valence-electron chi connectivity index (χ4n) is 1.90. The number of benzene rings is 1. The Hall–Kier alpha value is -1.91. The van der Waals surface area contributed by atoms with E-state index in [1.807, 2.05) is 31.4 Å². The zero-order valence-corrected chi connectivity index (χ0v) is 11.9. The van der Waals surface area contributed by atoms with Crippen molar-refractivity contribution in [2.45, 2.75) is 13.0 Å². The molecule has 0 atom stereocenters. The number of ether oxygens (including phenoxy) is 2. The molecule has 1 heterocycles. The van der Waals surface area contributed by atoms with Crippen LogP contribution in [0.3, 0.4) is 0 Å². The largest absolute Gasteiger partial charge is 0.456 e. The summed E-state index contributed by atoms with van der Waals surface area (Å²) in [5.74, 6) is 1.57. The third-order valence-corrected chi connectivity index (χ3v) is 2.90. The van der Waals surface area contributed by atoms with Gasteiger partial charge in [-0.05, 0) is 42.8 Å². The maximum atomic E-state index is 5.80. The molecule has 0 bridgehead atoms. The van der Waals surface area contributed by atoms with E-state index >= 15 is 0 Å². The zero-order valence-electron chi connectivity index (χ0n) is 11.9. The highest BCUT2D eigenvalue weighted by molar-refractivity contribution is 5.33. The molecule has 4 nitrogen and oxygen atoms in total. The molecule has 0 spiro atoms. The fraction of sp³-hybridized carbons (Fsp3) is 0.312. The summed E-state index contributed by atoms with van der Waals surface area (Å²) in [6.07, 6.45) is 4.46. The summed E-state index contributed by atoms with van der Waals surface area (Å²) < 4.78 is 10.9. The Morgan fingerprint density at radius 2 is 1.85 bits per heavy atom. The van der Waals surface area contributed by atoms with Crippen LogP contribution in [0.5, 0.6) is 11.5 Å². The molecule has 4 heteroatoms. The van der Waals surface area contributed by atoms with Crippen LogP contribution in [0, 0.1) is 0 Å². The van der Waals surface area contributed by atoms with Crippen molar-refractivity contribution in [1.29, 1.82) is 0 Å². The Morgan fingerprint density at radius 3 is 2.55 bits per heavy atom. The Bertz CT molecular complexity index is 526. The molecule has 0 aliphatic rings. The lowest BCUT2D eigenvalue weighted by atomic mass is 10.1. The predicted octanol–water partition coefficient (Wildman–Crippen LogP) is 2.78. The third kappa shape index (κ3) is 4.33. The van der Waals surface area contributed by atoms with Crippen molar-refractivity contribution in [2.75, 3.05) is 20.8 Å². The van der Waals surface area contributed by atoms with Gasteiger partial charge in [0.05, 0.1) is 12.8 Å². The standard InChI is InChI=1S/C16H20N2O2/c1-17-10-14-9-16(12-18-11-14)20-15-5-3-13(4-6-15)7-8-19-2/h3-6,9,11-12,17H,7-8,10H2,1-2H3. The van der Waals surface area contributed by atoms with Crippen LogP contribution in [0.1, 0.15) is 11.1 Å². The number of nitrogens with zero attached hydrogens (tertiary/aromatic N) is 1. The number of rotatable bonds is 7. The summed E-state index contributed by atoms with van der Waals surface area (Å²) in [5, 5.41) is 3.09. The molecule has 2 rings (SSSR count). The minimum absolute atomic E-state index is 0.732. The van der Waals surface area contributed by atoms with Gasteiger partial charge in [0.2, 0.25) is 0 Å². The molecule has 0 fully saturated rings. The molecule has 1 N–H and O–H groups in total. The Morgan fingerprint density at radius 1 is 1.05 bits per heavy atom. The third-order valence-electron chi connectivity index (χ3n) is 2.90. The first-order valence-corrected chi connectivity index (χ1v) is 6.66. The van der Waals surface area contributed by atoms with E-state index in [1.54, 1.807) is 13.3 Å². The highest BCUT2D eigenvalue weighted by Crippen LogP contribution is 2.21. The molecule has 0 aliphatic heterocycles. The van der Waals surface area contributed by atoms with Crippen molar-refractivity contribution in [3.05, 3.63) is 53.9 Å². The van der Waals surface area contributed by atoms with Crippen molar-refractivity contribution in [3.63, 3.8) is 0 Å². The lowest BCUT2D eigenvalue weighted by Gasteiger charge is -2.08. The van der Waals surface area contributed by atoms with Crippen LogP contribution in [0.15, 0.2) is 42.7 Å². The van der Waals surface area contributed by atoms with Gasteiger partial charge in [0.1, 0.15) is 11.5 Å². The average Bonchev–Trinajstić information content (AvgIpc) is 2.47. The minimum Gasteiger partial charge on any atom is -0.456 e. The molecule has 0 amide bonds. The summed E-state index contributed by atoms with van der Waals surface area (Å²) in [5.41, 5.74) is 2.34. The van der Waals surface area contributed by atoms with Crippen LogP contribution in [-0.4, -0.2) is 25.7 Å². The van der Waals surface area contributed by atoms with Crippen molar-refractivity contribution < 1.29 is 9.47 Å². The minimum atomic E-state index is 0.732. The van der Waals surface area contributed by atoms with E-state index in [4.69, 9.17) is 9.47 Å². The van der Waals surface area contributed by atoms with Crippen LogP contribution in [0.2, 0.25) is 0 Å². The highest BCUT2D eigenvalue weighted by atomic mass is 16.5. The normalized spacial score (nSPS) is 10.5. The van der Waals surface area contributed by atoms with E-state index in [0.29, 0.717) is 0 Å². The monoisotopic (exact) mass is 272 g/mol. The van der Waals surface area contributed by atoms with Gasteiger partial charge in [-0.1, -0.05) is 12.1 Å². The van der Waals surface area contributed by atoms with Gasteiger partial charge >= 0.3 is 0 Å². The molecule has 0 saturated carbocycles. The topological polar surface area (TPSA) is 43.4 Å². The molecule has 0 unspecified atom stereocenters. The maximum Gasteiger partial charge on any atom is 0.146 e. The second-order valence-corrected chi connectivity index (χ2v) is 4.55. The second kappa shape index (κ2) is 7.62. The van der Waals surface area contributed by atoms with Crippen LogP contribution < -0.4 is 10.1 Å². The smallest absolute Gasteiger partial charge is 0.146 e. The summed E-state index contributed by atoms with van der Waals surface area (Å²) in [6.45, 7) is 1.51. The molecule has 2 aromatic rings. The first kappa shape index (κ1) is 14.5. The number of hydrogen-bond donors (Lipinski definition) is 1. The molecule has 0 radical (unpaired) electrons. The van der Waals surface area contributed by atoms with Gasteiger partial charge in [0.15, 0.2) is 0 Å². The quantitative estimate of drug-likeness (QED) is 0.841. The Labute approximate surface area is 119 Å². The van der Waals surface area contributed by atoms with E-state index < -0.39 is 0 Å². The molecule has 0 aliphatic carbocycles. The van der Waals surface area contributed by atoms with Gasteiger partial charge in [-0.3, -0.25) is 4.98 Å². The summed E-state index contributed by atoms with van der Waals surface area (Å²) in [7, 11) is 3.62. The number of nitrogens with one attached hydrogen (secondary N) is 1. The van der Waals surface area contributed by atoms with Crippen LogP contribution in [0.25, 0.3) is 0 Å². The molecule has 106 valence electrons. The van der Waals surface area contributed by atoms with Crippen LogP contribution >= 0.6 is 0 Å². The second-order valence-electron chi connectivity index (χ2n) is 4.55. The van der Waals surface area contributed by atoms with E-state index in [-0.39, 0.29) is 0 Å². The van der Waals surface area contributed by atoms with Gasteiger partial charge in [0, 0.05) is 19.9 Å². The van der Waals surface area contributed by atoms with E-state index in [1.165, 1.54) is 5.56 Å². The molecule has 20 heavy (non-hydrogen) atoms. The summed E-state index contributed by atoms with van der Waals surface area (Å²) in [6, 6.07) is 10.0. The van der Waals surface area contributed by atoms with Crippen molar-refractivity contribution in [2.24, 2.45) is 0 Å². The van der Waals surface area contributed by atoms with Crippen LogP contribution in [-0.2, 0) is 17.7 Å². The average molecular weight is 272 g/mol. The summed E-state index contributed by atoms with van der Waals surface area (Å²) >= 11 is 0. The van der Waals surface area contributed by atoms with Gasteiger partial charge in [-0.2, -0.15) is 0 Å². The van der Waals surface area contributed by atoms with E-state index in [0.717, 1.165) is 36.6 Å². The molecular weight excluding hydrogens is 252 g/mol. The summed E-state index contributed by atoms with van der Waals surface area (Å²) in [4.78, 5) is 4.18. The van der Waals surface area contributed by atoms with Gasteiger partial charge < -0.3 is 14.8 Å². The number of methoxy groups -OCH3 is 1. The van der Waals surface area contributed by atoms with E-state index in [2.05, 4.69) is 22.4 Å². The Balaban J connectivity index is 2.00. The lowest BCUT2D eigenvalue weighted by Crippen LogP contribution is -2.05. The first-order chi connectivity index (χ1) is 9.81. The molecule has 1 aromatic heterocycles. The maximum absolute atomic E-state index is 5.80. The molecular formula is C16H20N2O2. The van der Waals surface area contributed by atoms with Crippen molar-refractivity contribution in [1.82, 2.24) is 10.3 Å². The van der Waals surface area contributed by atoms with Gasteiger partial charge in [-0.25, -0.2) is 0 Å². The number of hydrogen-bond acceptors (Lipinski definition) is 4. The van der Waals surface area contributed by atoms with Crippen molar-refractivity contribution >= 4 is 0 Å². The van der Waals surface area contributed by atoms with Crippen molar-refractivity contribution in [3.8, 4) is 11.5 Å². The number of pyridine rings is 1.